The lowest BCUT2D eigenvalue weighted by atomic mass is 9.98. The van der Waals surface area contributed by atoms with Crippen molar-refractivity contribution < 1.29 is 14.3 Å². The van der Waals surface area contributed by atoms with E-state index in [4.69, 9.17) is 4.74 Å². The molecule has 0 aliphatic carbocycles. The van der Waals surface area contributed by atoms with Crippen molar-refractivity contribution in [3.05, 3.63) is 64.8 Å². The molecule has 1 aliphatic rings. The van der Waals surface area contributed by atoms with Gasteiger partial charge in [0.25, 0.3) is 5.91 Å². The predicted molar refractivity (Wildman–Crippen MR) is 105 cm³/mol. The number of hydrogen-bond donors (Lipinski definition) is 0. The lowest BCUT2D eigenvalue weighted by Gasteiger charge is -2.28. The topological polar surface area (TPSA) is 51.5 Å². The summed E-state index contributed by atoms with van der Waals surface area (Å²) in [5.41, 5.74) is 5.63. The zero-order valence-corrected chi connectivity index (χ0v) is 15.8. The number of aromatic nitrogens is 1. The normalized spacial score (nSPS) is 13.7. The number of anilines is 1. The van der Waals surface area contributed by atoms with Crippen LogP contribution >= 0.6 is 0 Å². The quantitative estimate of drug-likeness (QED) is 0.669. The van der Waals surface area contributed by atoms with Crippen LogP contribution in [0.15, 0.2) is 42.5 Å². The van der Waals surface area contributed by atoms with Gasteiger partial charge in [-0.3, -0.25) is 9.59 Å². The molecule has 0 radical (unpaired) electrons. The molecule has 5 heteroatoms. The van der Waals surface area contributed by atoms with E-state index in [1.54, 1.807) is 4.90 Å². The first-order valence-corrected chi connectivity index (χ1v) is 9.08. The Morgan fingerprint density at radius 3 is 2.48 bits per heavy atom. The van der Waals surface area contributed by atoms with Crippen LogP contribution in [0.5, 0.6) is 0 Å². The van der Waals surface area contributed by atoms with E-state index in [1.807, 2.05) is 47.9 Å². The Bertz CT molecular complexity index is 1050. The van der Waals surface area contributed by atoms with Crippen molar-refractivity contribution in [2.75, 3.05) is 18.6 Å². The van der Waals surface area contributed by atoms with Crippen molar-refractivity contribution in [2.45, 2.75) is 26.8 Å². The van der Waals surface area contributed by atoms with Gasteiger partial charge in [-0.2, -0.15) is 0 Å². The van der Waals surface area contributed by atoms with Gasteiger partial charge in [0.1, 0.15) is 12.2 Å². The number of ether oxygens (including phenoxy) is 1. The molecule has 0 saturated carbocycles. The first-order valence-electron chi connectivity index (χ1n) is 9.08. The molecule has 0 atom stereocenters. The monoisotopic (exact) mass is 362 g/mol. The van der Waals surface area contributed by atoms with Gasteiger partial charge in [0.05, 0.1) is 12.6 Å². The summed E-state index contributed by atoms with van der Waals surface area (Å²) in [5.74, 6) is -0.429. The van der Waals surface area contributed by atoms with Gasteiger partial charge in [-0.15, -0.1) is 0 Å². The molecule has 2 aromatic carbocycles. The Labute approximate surface area is 158 Å². The number of carbonyl (C=O) groups excluding carboxylic acids is 2. The van der Waals surface area contributed by atoms with E-state index in [0.717, 1.165) is 39.7 Å². The first kappa shape index (κ1) is 17.3. The van der Waals surface area contributed by atoms with Gasteiger partial charge in [0, 0.05) is 17.6 Å². The number of benzene rings is 2. The molecule has 2 heterocycles. The largest absolute Gasteiger partial charge is 0.468 e. The number of nitrogens with zero attached hydrogens (tertiary/aromatic N) is 2. The van der Waals surface area contributed by atoms with Crippen LogP contribution in [0, 0.1) is 13.8 Å². The number of carbonyl (C=O) groups is 2. The molecule has 1 aromatic heterocycles. The van der Waals surface area contributed by atoms with Gasteiger partial charge < -0.3 is 14.2 Å². The SMILES string of the molecule is COC(=O)Cn1c2c(c3c(C)ccc(C)c31)CCN(c1ccccc1)C2=O. The molecule has 27 heavy (non-hydrogen) atoms. The summed E-state index contributed by atoms with van der Waals surface area (Å²) >= 11 is 0. The van der Waals surface area contributed by atoms with Crippen molar-refractivity contribution in [2.24, 2.45) is 0 Å². The minimum Gasteiger partial charge on any atom is -0.468 e. The third-order valence-electron chi connectivity index (χ3n) is 5.33. The lowest BCUT2D eigenvalue weighted by Crippen LogP contribution is -2.39. The molecule has 0 N–H and O–H groups in total. The average molecular weight is 362 g/mol. The summed E-state index contributed by atoms with van der Waals surface area (Å²) in [6.07, 6.45) is 0.755. The third-order valence-corrected chi connectivity index (χ3v) is 5.33. The Balaban J connectivity index is 1.96. The summed E-state index contributed by atoms with van der Waals surface area (Å²) in [5, 5.41) is 1.09. The molecule has 0 spiro atoms. The Hall–Kier alpha value is -3.08. The standard InChI is InChI=1S/C22H22N2O3/c1-14-9-10-15(2)20-19(14)17-11-12-23(16-7-5-4-6-8-16)22(26)21(17)24(20)13-18(25)27-3/h4-10H,11-13H2,1-3H3. The van der Waals surface area contributed by atoms with E-state index in [9.17, 15) is 9.59 Å². The molecular weight excluding hydrogens is 340 g/mol. The number of rotatable bonds is 3. The van der Waals surface area contributed by atoms with Crippen LogP contribution in [0.1, 0.15) is 27.2 Å². The lowest BCUT2D eigenvalue weighted by molar-refractivity contribution is -0.141. The van der Waals surface area contributed by atoms with E-state index in [2.05, 4.69) is 13.0 Å². The van der Waals surface area contributed by atoms with Crippen LogP contribution in [0.3, 0.4) is 0 Å². The van der Waals surface area contributed by atoms with Crippen LogP contribution in [0.4, 0.5) is 5.69 Å². The number of hydrogen-bond acceptors (Lipinski definition) is 3. The highest BCUT2D eigenvalue weighted by Crippen LogP contribution is 2.36. The molecule has 5 nitrogen and oxygen atoms in total. The maximum atomic E-state index is 13.5. The fourth-order valence-electron chi connectivity index (χ4n) is 4.07. The van der Waals surface area contributed by atoms with E-state index >= 15 is 0 Å². The number of amides is 1. The summed E-state index contributed by atoms with van der Waals surface area (Å²) in [6, 6.07) is 13.8. The first-order chi connectivity index (χ1) is 13.0. The molecular formula is C22H22N2O3. The zero-order valence-electron chi connectivity index (χ0n) is 15.8. The van der Waals surface area contributed by atoms with Gasteiger partial charge in [0.15, 0.2) is 0 Å². The van der Waals surface area contributed by atoms with Crippen molar-refractivity contribution in [3.8, 4) is 0 Å². The second kappa shape index (κ2) is 6.58. The summed E-state index contributed by atoms with van der Waals surface area (Å²) in [4.78, 5) is 27.3. The fraction of sp³-hybridized carbons (Fsp3) is 0.273. The number of aryl methyl sites for hydroxylation is 2. The predicted octanol–water partition coefficient (Wildman–Crippen LogP) is 3.63. The summed E-state index contributed by atoms with van der Waals surface area (Å²) in [7, 11) is 1.37. The second-order valence-corrected chi connectivity index (χ2v) is 6.95. The molecule has 3 aromatic rings. The molecule has 0 bridgehead atoms. The maximum absolute atomic E-state index is 13.5. The number of fused-ring (bicyclic) bond motifs is 3. The van der Waals surface area contributed by atoms with E-state index in [0.29, 0.717) is 12.2 Å². The molecule has 0 saturated heterocycles. The summed E-state index contributed by atoms with van der Waals surface area (Å²) in [6.45, 7) is 4.72. The molecule has 0 unspecified atom stereocenters. The fourth-order valence-corrected chi connectivity index (χ4v) is 4.07. The average Bonchev–Trinajstić information content (AvgIpc) is 3.02. The summed E-state index contributed by atoms with van der Waals surface area (Å²) < 4.78 is 6.74. The van der Waals surface area contributed by atoms with Gasteiger partial charge in [0.2, 0.25) is 0 Å². The molecule has 1 aliphatic heterocycles. The minimum atomic E-state index is -0.361. The number of para-hydroxylation sites is 1. The Kier molecular flexibility index (Phi) is 4.22. The highest BCUT2D eigenvalue weighted by Gasteiger charge is 2.33. The van der Waals surface area contributed by atoms with Gasteiger partial charge >= 0.3 is 5.97 Å². The Morgan fingerprint density at radius 1 is 1.07 bits per heavy atom. The smallest absolute Gasteiger partial charge is 0.325 e. The second-order valence-electron chi connectivity index (χ2n) is 6.95. The van der Waals surface area contributed by atoms with Gasteiger partial charge in [-0.05, 0) is 49.1 Å². The van der Waals surface area contributed by atoms with Crippen molar-refractivity contribution >= 4 is 28.5 Å². The molecule has 1 amide bonds. The van der Waals surface area contributed by atoms with Gasteiger partial charge in [-0.25, -0.2) is 0 Å². The van der Waals surface area contributed by atoms with E-state index < -0.39 is 0 Å². The molecule has 4 rings (SSSR count). The van der Waals surface area contributed by atoms with Crippen LogP contribution in [0.2, 0.25) is 0 Å². The van der Waals surface area contributed by atoms with Crippen molar-refractivity contribution in [1.29, 1.82) is 0 Å². The van der Waals surface area contributed by atoms with Crippen LogP contribution in [0.25, 0.3) is 10.9 Å². The van der Waals surface area contributed by atoms with Gasteiger partial charge in [-0.1, -0.05) is 30.3 Å². The minimum absolute atomic E-state index is 0.0288. The Morgan fingerprint density at radius 2 is 1.78 bits per heavy atom. The van der Waals surface area contributed by atoms with Crippen molar-refractivity contribution in [3.63, 3.8) is 0 Å². The van der Waals surface area contributed by atoms with Crippen LogP contribution in [-0.2, 0) is 22.5 Å². The van der Waals surface area contributed by atoms with Crippen LogP contribution in [-0.4, -0.2) is 30.1 Å². The highest BCUT2D eigenvalue weighted by atomic mass is 16.5. The van der Waals surface area contributed by atoms with Crippen LogP contribution < -0.4 is 4.90 Å². The third kappa shape index (κ3) is 2.70. The van der Waals surface area contributed by atoms with Crippen molar-refractivity contribution in [1.82, 2.24) is 4.57 Å². The highest BCUT2D eigenvalue weighted by molar-refractivity contribution is 6.12. The zero-order chi connectivity index (χ0) is 19.1. The van der Waals surface area contributed by atoms with E-state index in [1.165, 1.54) is 7.11 Å². The number of methoxy groups -OCH3 is 1. The molecule has 0 fully saturated rings. The maximum Gasteiger partial charge on any atom is 0.325 e. The van der Waals surface area contributed by atoms with E-state index in [-0.39, 0.29) is 18.4 Å². The number of esters is 1. The molecule has 138 valence electrons.